The fourth-order valence-electron chi connectivity index (χ4n) is 2.75. The van der Waals surface area contributed by atoms with Gasteiger partial charge in [0.1, 0.15) is 5.75 Å². The van der Waals surface area contributed by atoms with Crippen LogP contribution in [0.25, 0.3) is 0 Å². The van der Waals surface area contributed by atoms with Gasteiger partial charge in [0.25, 0.3) is 0 Å². The van der Waals surface area contributed by atoms with E-state index < -0.39 is 9.84 Å². The van der Waals surface area contributed by atoms with Gasteiger partial charge in [-0.05, 0) is 49.3 Å². The highest BCUT2D eigenvalue weighted by molar-refractivity contribution is 7.91. The van der Waals surface area contributed by atoms with Crippen LogP contribution in [0, 0.1) is 5.92 Å². The number of nitrogens with two attached hydrogens (primary N) is 1. The topological polar surface area (TPSA) is 69.4 Å². The fraction of sp³-hybridized carbons (Fsp3) is 0.600. The maximum atomic E-state index is 11.5. The van der Waals surface area contributed by atoms with Crippen LogP contribution in [-0.2, 0) is 9.84 Å². The standard InChI is InChI=1S/C15H21NO3S/c16-15(8-11-6-7-20(17,18)10-11)12-2-1-3-14(9-12)19-13-4-5-13/h1-3,9,11,13,15H,4-8,10,16H2. The Kier molecular flexibility index (Phi) is 3.73. The molecule has 0 aromatic heterocycles. The minimum atomic E-state index is -2.82. The third-order valence-corrected chi connectivity index (χ3v) is 5.86. The van der Waals surface area contributed by atoms with E-state index in [4.69, 9.17) is 10.5 Å². The summed E-state index contributed by atoms with van der Waals surface area (Å²) in [6, 6.07) is 7.78. The molecule has 1 saturated heterocycles. The van der Waals surface area contributed by atoms with Gasteiger partial charge in [0.15, 0.2) is 9.84 Å². The Bertz CT molecular complexity index is 581. The zero-order chi connectivity index (χ0) is 14.2. The molecule has 2 aliphatic rings. The quantitative estimate of drug-likeness (QED) is 0.902. The number of sulfone groups is 1. The van der Waals surface area contributed by atoms with E-state index >= 15 is 0 Å². The van der Waals surface area contributed by atoms with Crippen molar-refractivity contribution >= 4 is 9.84 Å². The van der Waals surface area contributed by atoms with Crippen molar-refractivity contribution in [2.45, 2.75) is 37.8 Å². The van der Waals surface area contributed by atoms with Gasteiger partial charge in [-0.25, -0.2) is 8.42 Å². The number of hydrogen-bond acceptors (Lipinski definition) is 4. The van der Waals surface area contributed by atoms with E-state index in [-0.39, 0.29) is 12.0 Å². The first-order chi connectivity index (χ1) is 9.52. The monoisotopic (exact) mass is 295 g/mol. The first kappa shape index (κ1) is 13.9. The Morgan fingerprint density at radius 2 is 2.10 bits per heavy atom. The summed E-state index contributed by atoms with van der Waals surface area (Å²) >= 11 is 0. The van der Waals surface area contributed by atoms with E-state index in [0.717, 1.165) is 37.0 Å². The van der Waals surface area contributed by atoms with Crippen molar-refractivity contribution in [3.05, 3.63) is 29.8 Å². The molecule has 2 atom stereocenters. The molecule has 5 heteroatoms. The molecule has 0 radical (unpaired) electrons. The summed E-state index contributed by atoms with van der Waals surface area (Å²) in [5.74, 6) is 1.68. The summed E-state index contributed by atoms with van der Waals surface area (Å²) < 4.78 is 28.7. The van der Waals surface area contributed by atoms with Crippen molar-refractivity contribution in [2.75, 3.05) is 11.5 Å². The van der Waals surface area contributed by atoms with Crippen LogP contribution in [0.15, 0.2) is 24.3 Å². The molecule has 3 rings (SSSR count). The molecule has 110 valence electrons. The second-order valence-electron chi connectivity index (χ2n) is 6.00. The Morgan fingerprint density at radius 3 is 2.75 bits per heavy atom. The highest BCUT2D eigenvalue weighted by Gasteiger charge is 2.29. The summed E-state index contributed by atoms with van der Waals surface area (Å²) in [5.41, 5.74) is 7.26. The Labute approximate surface area is 120 Å². The van der Waals surface area contributed by atoms with Crippen molar-refractivity contribution in [1.29, 1.82) is 0 Å². The Balaban J connectivity index is 1.62. The number of rotatable bonds is 5. The van der Waals surface area contributed by atoms with Crippen LogP contribution in [-0.4, -0.2) is 26.0 Å². The van der Waals surface area contributed by atoms with Crippen LogP contribution < -0.4 is 10.5 Å². The summed E-state index contributed by atoms with van der Waals surface area (Å²) in [5, 5.41) is 0. The molecule has 1 aromatic carbocycles. The molecule has 4 nitrogen and oxygen atoms in total. The van der Waals surface area contributed by atoms with Crippen molar-refractivity contribution in [2.24, 2.45) is 11.7 Å². The van der Waals surface area contributed by atoms with Crippen molar-refractivity contribution in [1.82, 2.24) is 0 Å². The normalized spacial score (nSPS) is 26.4. The van der Waals surface area contributed by atoms with Gasteiger partial charge >= 0.3 is 0 Å². The smallest absolute Gasteiger partial charge is 0.150 e. The average molecular weight is 295 g/mol. The van der Waals surface area contributed by atoms with Gasteiger partial charge in [-0.2, -0.15) is 0 Å². The third kappa shape index (κ3) is 3.52. The summed E-state index contributed by atoms with van der Waals surface area (Å²) in [7, 11) is -2.82. The zero-order valence-electron chi connectivity index (χ0n) is 11.5. The summed E-state index contributed by atoms with van der Waals surface area (Å²) in [4.78, 5) is 0. The van der Waals surface area contributed by atoms with Crippen LogP contribution >= 0.6 is 0 Å². The molecular weight excluding hydrogens is 274 g/mol. The van der Waals surface area contributed by atoms with Crippen molar-refractivity contribution in [3.8, 4) is 5.75 Å². The lowest BCUT2D eigenvalue weighted by molar-refractivity contribution is 0.302. The zero-order valence-corrected chi connectivity index (χ0v) is 12.3. The van der Waals surface area contributed by atoms with Gasteiger partial charge in [0.2, 0.25) is 0 Å². The van der Waals surface area contributed by atoms with Crippen LogP contribution in [0.1, 0.15) is 37.3 Å². The fourth-order valence-corrected chi connectivity index (χ4v) is 4.63. The average Bonchev–Trinajstić information content (AvgIpc) is 3.14. The maximum Gasteiger partial charge on any atom is 0.150 e. The molecule has 20 heavy (non-hydrogen) atoms. The van der Waals surface area contributed by atoms with E-state index in [1.807, 2.05) is 24.3 Å². The SMILES string of the molecule is NC(CC1CCS(=O)(=O)C1)c1cccc(OC2CC2)c1. The van der Waals surface area contributed by atoms with E-state index in [1.54, 1.807) is 0 Å². The second kappa shape index (κ2) is 5.37. The van der Waals surface area contributed by atoms with E-state index in [0.29, 0.717) is 17.6 Å². The lowest BCUT2D eigenvalue weighted by Gasteiger charge is -2.17. The molecule has 0 bridgehead atoms. The minimum Gasteiger partial charge on any atom is -0.490 e. The minimum absolute atomic E-state index is 0.115. The predicted molar refractivity (Wildman–Crippen MR) is 78.4 cm³/mol. The molecule has 0 spiro atoms. The molecule has 0 amide bonds. The summed E-state index contributed by atoms with van der Waals surface area (Å²) in [6.45, 7) is 0. The van der Waals surface area contributed by atoms with Gasteiger partial charge < -0.3 is 10.5 Å². The Morgan fingerprint density at radius 1 is 1.30 bits per heavy atom. The van der Waals surface area contributed by atoms with Crippen LogP contribution in [0.5, 0.6) is 5.75 Å². The highest BCUT2D eigenvalue weighted by atomic mass is 32.2. The molecule has 2 N–H and O–H groups in total. The molecular formula is C15H21NO3S. The van der Waals surface area contributed by atoms with Gasteiger partial charge in [0.05, 0.1) is 17.6 Å². The van der Waals surface area contributed by atoms with Gasteiger partial charge in [-0.1, -0.05) is 12.1 Å². The number of hydrogen-bond donors (Lipinski definition) is 1. The third-order valence-electron chi connectivity index (χ3n) is 4.03. The molecule has 2 unspecified atom stereocenters. The maximum absolute atomic E-state index is 11.5. The lowest BCUT2D eigenvalue weighted by atomic mass is 9.95. The van der Waals surface area contributed by atoms with Crippen molar-refractivity contribution < 1.29 is 13.2 Å². The summed E-state index contributed by atoms with van der Waals surface area (Å²) in [6.07, 6.45) is 4.12. The predicted octanol–water partition coefficient (Wildman–Crippen LogP) is 2.05. The number of ether oxygens (including phenoxy) is 1. The lowest BCUT2D eigenvalue weighted by Crippen LogP contribution is -2.16. The van der Waals surface area contributed by atoms with Gasteiger partial charge in [-0.3, -0.25) is 0 Å². The van der Waals surface area contributed by atoms with E-state index in [9.17, 15) is 8.42 Å². The number of benzene rings is 1. The highest BCUT2D eigenvalue weighted by Crippen LogP contribution is 2.31. The largest absolute Gasteiger partial charge is 0.490 e. The van der Waals surface area contributed by atoms with E-state index in [2.05, 4.69) is 0 Å². The van der Waals surface area contributed by atoms with Crippen molar-refractivity contribution in [3.63, 3.8) is 0 Å². The van der Waals surface area contributed by atoms with Gasteiger partial charge in [0, 0.05) is 6.04 Å². The first-order valence-electron chi connectivity index (χ1n) is 7.24. The molecule has 1 aliphatic carbocycles. The molecule has 2 fully saturated rings. The molecule has 1 aromatic rings. The van der Waals surface area contributed by atoms with E-state index in [1.165, 1.54) is 0 Å². The Hall–Kier alpha value is -1.07. The molecule has 1 saturated carbocycles. The molecule has 1 heterocycles. The van der Waals surface area contributed by atoms with Crippen LogP contribution in [0.4, 0.5) is 0 Å². The van der Waals surface area contributed by atoms with Gasteiger partial charge in [-0.15, -0.1) is 0 Å². The van der Waals surface area contributed by atoms with Crippen LogP contribution in [0.3, 0.4) is 0 Å². The first-order valence-corrected chi connectivity index (χ1v) is 9.06. The molecule has 1 aliphatic heterocycles. The van der Waals surface area contributed by atoms with Crippen LogP contribution in [0.2, 0.25) is 0 Å². The second-order valence-corrected chi connectivity index (χ2v) is 8.23.